The predicted octanol–water partition coefficient (Wildman–Crippen LogP) is 2.24. The first-order chi connectivity index (χ1) is 9.70. The van der Waals surface area contributed by atoms with Crippen molar-refractivity contribution < 1.29 is 4.79 Å². The molecule has 21 heavy (non-hydrogen) atoms. The lowest BCUT2D eigenvalue weighted by Crippen LogP contribution is -2.40. The normalized spacial score (nSPS) is 11.5. The molecule has 0 aliphatic heterocycles. The van der Waals surface area contributed by atoms with Crippen LogP contribution >= 0.6 is 12.4 Å². The third kappa shape index (κ3) is 4.88. The first-order valence-corrected chi connectivity index (χ1v) is 6.83. The van der Waals surface area contributed by atoms with Crippen molar-refractivity contribution in [1.29, 1.82) is 0 Å². The molecule has 5 nitrogen and oxygen atoms in total. The van der Waals surface area contributed by atoms with E-state index < -0.39 is 6.04 Å². The number of carbonyl (C=O) groups is 1. The molecule has 6 heteroatoms. The highest BCUT2D eigenvalue weighted by atomic mass is 35.5. The molecule has 2 rings (SSSR count). The van der Waals surface area contributed by atoms with Crippen molar-refractivity contribution in [1.82, 2.24) is 15.3 Å². The van der Waals surface area contributed by atoms with Gasteiger partial charge in [-0.05, 0) is 12.0 Å². The van der Waals surface area contributed by atoms with Crippen LogP contribution in [0.1, 0.15) is 25.6 Å². The summed E-state index contributed by atoms with van der Waals surface area (Å²) in [5, 5.41) is 2.79. The Morgan fingerprint density at radius 1 is 1.38 bits per heavy atom. The quantitative estimate of drug-likeness (QED) is 0.765. The van der Waals surface area contributed by atoms with Gasteiger partial charge in [0, 0.05) is 0 Å². The van der Waals surface area contributed by atoms with Crippen molar-refractivity contribution in [2.45, 2.75) is 32.4 Å². The van der Waals surface area contributed by atoms with Gasteiger partial charge in [-0.25, -0.2) is 4.98 Å². The fourth-order valence-corrected chi connectivity index (χ4v) is 1.96. The Balaban J connectivity index is 0.00000220. The summed E-state index contributed by atoms with van der Waals surface area (Å²) < 4.78 is 0. The number of imidazole rings is 1. The molecule has 0 aliphatic carbocycles. The number of carbonyl (C=O) groups excluding carboxylic acids is 1. The van der Waals surface area contributed by atoms with Crippen LogP contribution in [0.2, 0.25) is 0 Å². The van der Waals surface area contributed by atoms with Gasteiger partial charge in [0.15, 0.2) is 0 Å². The number of aromatic amines is 1. The topological polar surface area (TPSA) is 83.8 Å². The van der Waals surface area contributed by atoms with E-state index in [1.54, 1.807) is 6.20 Å². The lowest BCUT2D eigenvalue weighted by atomic mass is 10.2. The standard InChI is InChI=1S/C15H20N4O.ClH/c1-2-6-12(16)15(20)18-10-14-17-9-13(19-14)11-7-4-3-5-8-11;/h3-5,7-9,12H,2,6,10,16H2,1H3,(H,17,19)(H,18,20);1H. The highest BCUT2D eigenvalue weighted by Gasteiger charge is 2.12. The van der Waals surface area contributed by atoms with Gasteiger partial charge >= 0.3 is 0 Å². The Morgan fingerprint density at radius 3 is 2.76 bits per heavy atom. The number of halogens is 1. The maximum atomic E-state index is 11.7. The van der Waals surface area contributed by atoms with Crippen molar-refractivity contribution in [3.63, 3.8) is 0 Å². The first kappa shape index (κ1) is 17.2. The van der Waals surface area contributed by atoms with E-state index >= 15 is 0 Å². The van der Waals surface area contributed by atoms with E-state index in [0.717, 1.165) is 23.5 Å². The molecule has 0 saturated carbocycles. The van der Waals surface area contributed by atoms with Gasteiger partial charge in [-0.1, -0.05) is 43.7 Å². The molecule has 0 saturated heterocycles. The van der Waals surface area contributed by atoms with Crippen LogP contribution in [0.25, 0.3) is 11.3 Å². The van der Waals surface area contributed by atoms with Crippen molar-refractivity contribution in [3.05, 3.63) is 42.4 Å². The van der Waals surface area contributed by atoms with Crippen LogP contribution in [0.4, 0.5) is 0 Å². The molecule has 0 spiro atoms. The number of aromatic nitrogens is 2. The zero-order chi connectivity index (χ0) is 14.4. The summed E-state index contributed by atoms with van der Waals surface area (Å²) in [6.07, 6.45) is 3.36. The number of hydrogen-bond donors (Lipinski definition) is 3. The number of hydrogen-bond acceptors (Lipinski definition) is 3. The third-order valence-corrected chi connectivity index (χ3v) is 3.08. The van der Waals surface area contributed by atoms with E-state index in [4.69, 9.17) is 5.73 Å². The maximum absolute atomic E-state index is 11.7. The molecule has 1 aromatic heterocycles. The molecule has 4 N–H and O–H groups in total. The van der Waals surface area contributed by atoms with Crippen molar-refractivity contribution in [2.24, 2.45) is 5.73 Å². The second-order valence-corrected chi connectivity index (χ2v) is 4.72. The highest BCUT2D eigenvalue weighted by molar-refractivity contribution is 5.85. The molecule has 1 unspecified atom stereocenters. The summed E-state index contributed by atoms with van der Waals surface area (Å²) in [6, 6.07) is 9.49. The molecule has 0 fully saturated rings. The van der Waals surface area contributed by atoms with Gasteiger partial charge in [-0.2, -0.15) is 0 Å². The van der Waals surface area contributed by atoms with Gasteiger partial charge in [0.25, 0.3) is 0 Å². The number of benzene rings is 1. The third-order valence-electron chi connectivity index (χ3n) is 3.08. The lowest BCUT2D eigenvalue weighted by molar-refractivity contribution is -0.122. The lowest BCUT2D eigenvalue weighted by Gasteiger charge is -2.09. The summed E-state index contributed by atoms with van der Waals surface area (Å²) in [5.74, 6) is 0.588. The smallest absolute Gasteiger partial charge is 0.237 e. The first-order valence-electron chi connectivity index (χ1n) is 6.83. The number of rotatable bonds is 6. The molecule has 1 aromatic carbocycles. The van der Waals surface area contributed by atoms with Crippen LogP contribution in [0.5, 0.6) is 0 Å². The molecule has 0 radical (unpaired) electrons. The molecular formula is C15H21ClN4O. The van der Waals surface area contributed by atoms with Gasteiger partial charge in [0.1, 0.15) is 5.82 Å². The van der Waals surface area contributed by atoms with E-state index in [2.05, 4.69) is 15.3 Å². The van der Waals surface area contributed by atoms with Gasteiger partial charge in [-0.3, -0.25) is 4.79 Å². The van der Waals surface area contributed by atoms with Crippen molar-refractivity contribution in [3.8, 4) is 11.3 Å². The molecule has 1 atom stereocenters. The number of H-pyrrole nitrogens is 1. The summed E-state index contributed by atoms with van der Waals surface area (Å²) in [6.45, 7) is 2.37. The van der Waals surface area contributed by atoms with Crippen LogP contribution in [0.15, 0.2) is 36.5 Å². The molecule has 0 bridgehead atoms. The SMILES string of the molecule is CCCC(N)C(=O)NCc1ncc(-c2ccccc2)[nH]1.Cl. The monoisotopic (exact) mass is 308 g/mol. The van der Waals surface area contributed by atoms with Gasteiger partial charge < -0.3 is 16.0 Å². The summed E-state index contributed by atoms with van der Waals surface area (Å²) in [5.41, 5.74) is 7.75. The van der Waals surface area contributed by atoms with Gasteiger partial charge in [-0.15, -0.1) is 12.4 Å². The highest BCUT2D eigenvalue weighted by Crippen LogP contribution is 2.15. The zero-order valence-corrected chi connectivity index (χ0v) is 12.8. The molecule has 1 heterocycles. The van der Waals surface area contributed by atoms with Crippen LogP contribution in [0, 0.1) is 0 Å². The van der Waals surface area contributed by atoms with Gasteiger partial charge in [0.2, 0.25) is 5.91 Å². The predicted molar refractivity (Wildman–Crippen MR) is 86.0 cm³/mol. The summed E-state index contributed by atoms with van der Waals surface area (Å²) in [4.78, 5) is 19.2. The summed E-state index contributed by atoms with van der Waals surface area (Å²) in [7, 11) is 0. The molecule has 0 aliphatic rings. The minimum Gasteiger partial charge on any atom is -0.348 e. The molecule has 2 aromatic rings. The fraction of sp³-hybridized carbons (Fsp3) is 0.333. The van der Waals surface area contributed by atoms with E-state index in [1.165, 1.54) is 0 Å². The zero-order valence-electron chi connectivity index (χ0n) is 12.0. The van der Waals surface area contributed by atoms with Crippen molar-refractivity contribution in [2.75, 3.05) is 0 Å². The Morgan fingerprint density at radius 2 is 2.10 bits per heavy atom. The molecule has 1 amide bonds. The van der Waals surface area contributed by atoms with E-state index in [-0.39, 0.29) is 18.3 Å². The van der Waals surface area contributed by atoms with E-state index in [9.17, 15) is 4.79 Å². The minimum absolute atomic E-state index is 0. The van der Waals surface area contributed by atoms with Gasteiger partial charge in [0.05, 0.1) is 24.5 Å². The van der Waals surface area contributed by atoms with Crippen LogP contribution in [-0.2, 0) is 11.3 Å². The number of amides is 1. The van der Waals surface area contributed by atoms with Crippen LogP contribution in [-0.4, -0.2) is 21.9 Å². The Kier molecular flexibility index (Phi) is 6.91. The fourth-order valence-electron chi connectivity index (χ4n) is 1.96. The molecule has 114 valence electrons. The average Bonchev–Trinajstić information content (AvgIpc) is 2.95. The van der Waals surface area contributed by atoms with Crippen LogP contribution in [0.3, 0.4) is 0 Å². The Bertz CT molecular complexity index is 556. The number of nitrogens with zero attached hydrogens (tertiary/aromatic N) is 1. The minimum atomic E-state index is -0.441. The Hall–Kier alpha value is -1.85. The average molecular weight is 309 g/mol. The summed E-state index contributed by atoms with van der Waals surface area (Å²) >= 11 is 0. The molecular weight excluding hydrogens is 288 g/mol. The largest absolute Gasteiger partial charge is 0.348 e. The Labute approximate surface area is 130 Å². The second-order valence-electron chi connectivity index (χ2n) is 4.72. The van der Waals surface area contributed by atoms with Crippen molar-refractivity contribution >= 4 is 18.3 Å². The second kappa shape index (κ2) is 8.44. The van der Waals surface area contributed by atoms with E-state index in [0.29, 0.717) is 13.0 Å². The van der Waals surface area contributed by atoms with Crippen LogP contribution < -0.4 is 11.1 Å². The number of nitrogens with one attached hydrogen (secondary N) is 2. The number of nitrogens with two attached hydrogens (primary N) is 1. The van der Waals surface area contributed by atoms with E-state index in [1.807, 2.05) is 37.3 Å². The maximum Gasteiger partial charge on any atom is 0.237 e.